The van der Waals surface area contributed by atoms with Crippen molar-refractivity contribution in [3.63, 3.8) is 0 Å². The standard InChI is InChI=1S/C21H27Cl2NO/c1-5-6-9-24-16-12-19(22)18(20(23)13-16)11-15-7-8-21(25-4)17(10-15)14(2)3/h7-8,10,12-14,24H,5-6,9,11H2,1-4H3. The molecule has 0 saturated heterocycles. The van der Waals surface area contributed by atoms with Crippen molar-refractivity contribution < 1.29 is 4.74 Å². The van der Waals surface area contributed by atoms with Crippen LogP contribution in [0.2, 0.25) is 10.0 Å². The summed E-state index contributed by atoms with van der Waals surface area (Å²) in [5.74, 6) is 1.32. The smallest absolute Gasteiger partial charge is 0.122 e. The molecule has 0 saturated carbocycles. The molecule has 2 rings (SSSR count). The monoisotopic (exact) mass is 379 g/mol. The van der Waals surface area contributed by atoms with Gasteiger partial charge < -0.3 is 10.1 Å². The molecule has 0 spiro atoms. The van der Waals surface area contributed by atoms with E-state index in [9.17, 15) is 0 Å². The fourth-order valence-electron chi connectivity index (χ4n) is 2.83. The van der Waals surface area contributed by atoms with E-state index in [1.807, 2.05) is 18.2 Å². The zero-order valence-corrected chi connectivity index (χ0v) is 17.0. The number of rotatable bonds is 8. The van der Waals surface area contributed by atoms with Gasteiger partial charge in [0.05, 0.1) is 7.11 Å². The fraction of sp³-hybridized carbons (Fsp3) is 0.429. The summed E-state index contributed by atoms with van der Waals surface area (Å²) in [5.41, 5.74) is 4.32. The van der Waals surface area contributed by atoms with Gasteiger partial charge in [0.25, 0.3) is 0 Å². The van der Waals surface area contributed by atoms with E-state index in [0.717, 1.165) is 36.4 Å². The van der Waals surface area contributed by atoms with Gasteiger partial charge in [-0.3, -0.25) is 0 Å². The third-order valence-corrected chi connectivity index (χ3v) is 4.97. The van der Waals surface area contributed by atoms with Crippen LogP contribution in [0.3, 0.4) is 0 Å². The van der Waals surface area contributed by atoms with Gasteiger partial charge in [0.2, 0.25) is 0 Å². The molecule has 2 nitrogen and oxygen atoms in total. The van der Waals surface area contributed by atoms with E-state index >= 15 is 0 Å². The normalized spacial score (nSPS) is 11.0. The minimum atomic E-state index is 0.394. The summed E-state index contributed by atoms with van der Waals surface area (Å²) in [6, 6.07) is 10.2. The van der Waals surface area contributed by atoms with Gasteiger partial charge in [-0.2, -0.15) is 0 Å². The number of hydrogen-bond acceptors (Lipinski definition) is 2. The van der Waals surface area contributed by atoms with Crippen LogP contribution in [0.15, 0.2) is 30.3 Å². The summed E-state index contributed by atoms with van der Waals surface area (Å²) in [5, 5.41) is 4.78. The minimum absolute atomic E-state index is 0.394. The largest absolute Gasteiger partial charge is 0.496 e. The van der Waals surface area contributed by atoms with Gasteiger partial charge in [0, 0.05) is 28.7 Å². The van der Waals surface area contributed by atoms with Gasteiger partial charge in [0.1, 0.15) is 5.75 Å². The SMILES string of the molecule is CCCCNc1cc(Cl)c(Cc2ccc(OC)c(C(C)C)c2)c(Cl)c1. The summed E-state index contributed by atoms with van der Waals surface area (Å²) in [6.45, 7) is 7.43. The van der Waals surface area contributed by atoms with E-state index < -0.39 is 0 Å². The average Bonchev–Trinajstić information content (AvgIpc) is 2.58. The molecule has 0 unspecified atom stereocenters. The molecule has 1 N–H and O–H groups in total. The van der Waals surface area contributed by atoms with Crippen LogP contribution in [0.4, 0.5) is 5.69 Å². The van der Waals surface area contributed by atoms with Crippen molar-refractivity contribution in [1.29, 1.82) is 0 Å². The van der Waals surface area contributed by atoms with Crippen molar-refractivity contribution in [1.82, 2.24) is 0 Å². The van der Waals surface area contributed by atoms with Crippen molar-refractivity contribution in [2.75, 3.05) is 19.0 Å². The van der Waals surface area contributed by atoms with Crippen LogP contribution in [0.25, 0.3) is 0 Å². The van der Waals surface area contributed by atoms with Gasteiger partial charge in [-0.05, 0) is 47.2 Å². The summed E-state index contributed by atoms with van der Waals surface area (Å²) < 4.78 is 5.46. The van der Waals surface area contributed by atoms with Crippen LogP contribution in [0.5, 0.6) is 5.75 Å². The van der Waals surface area contributed by atoms with E-state index in [-0.39, 0.29) is 0 Å². The van der Waals surface area contributed by atoms with Crippen molar-refractivity contribution in [3.05, 3.63) is 57.1 Å². The van der Waals surface area contributed by atoms with E-state index in [0.29, 0.717) is 22.4 Å². The molecule has 0 aliphatic rings. The summed E-state index contributed by atoms with van der Waals surface area (Å²) >= 11 is 13.0. The third-order valence-electron chi connectivity index (χ3n) is 4.30. The summed E-state index contributed by atoms with van der Waals surface area (Å²) in [6.07, 6.45) is 2.99. The van der Waals surface area contributed by atoms with Crippen LogP contribution < -0.4 is 10.1 Å². The predicted octanol–water partition coefficient (Wildman–Crippen LogP) is 6.93. The Labute approximate surface area is 161 Å². The van der Waals surface area contributed by atoms with Crippen LogP contribution in [-0.4, -0.2) is 13.7 Å². The first kappa shape index (κ1) is 19.9. The first-order valence-corrected chi connectivity index (χ1v) is 9.60. The van der Waals surface area contributed by atoms with Gasteiger partial charge >= 0.3 is 0 Å². The molecule has 0 radical (unpaired) electrons. The number of benzene rings is 2. The fourth-order valence-corrected chi connectivity index (χ4v) is 3.45. The van der Waals surface area contributed by atoms with E-state index in [4.69, 9.17) is 27.9 Å². The second-order valence-corrected chi connectivity index (χ2v) is 7.42. The molecule has 0 heterocycles. The molecule has 25 heavy (non-hydrogen) atoms. The number of nitrogens with one attached hydrogen (secondary N) is 1. The highest BCUT2D eigenvalue weighted by atomic mass is 35.5. The maximum absolute atomic E-state index is 6.51. The number of unbranched alkanes of at least 4 members (excludes halogenated alkanes) is 1. The number of anilines is 1. The van der Waals surface area contributed by atoms with Crippen LogP contribution in [0, 0.1) is 0 Å². The lowest BCUT2D eigenvalue weighted by Crippen LogP contribution is -2.02. The van der Waals surface area contributed by atoms with Gasteiger partial charge in [-0.1, -0.05) is 62.5 Å². The van der Waals surface area contributed by atoms with Crippen LogP contribution in [-0.2, 0) is 6.42 Å². The molecule has 0 aromatic heterocycles. The lowest BCUT2D eigenvalue weighted by Gasteiger charge is -2.15. The highest BCUT2D eigenvalue weighted by molar-refractivity contribution is 6.36. The minimum Gasteiger partial charge on any atom is -0.496 e. The molecule has 4 heteroatoms. The Kier molecular flexibility index (Phi) is 7.46. The highest BCUT2D eigenvalue weighted by Crippen LogP contribution is 2.33. The van der Waals surface area contributed by atoms with Crippen LogP contribution in [0.1, 0.15) is 56.2 Å². The molecular formula is C21H27Cl2NO. The molecule has 2 aromatic rings. The Morgan fingerprint density at radius 2 is 1.76 bits per heavy atom. The number of ether oxygens (including phenoxy) is 1. The summed E-state index contributed by atoms with van der Waals surface area (Å²) in [7, 11) is 1.71. The first-order chi connectivity index (χ1) is 12.0. The average molecular weight is 380 g/mol. The molecule has 0 aliphatic heterocycles. The Bertz CT molecular complexity index is 690. The number of halogens is 2. The van der Waals surface area contributed by atoms with Crippen molar-refractivity contribution in [2.24, 2.45) is 0 Å². The molecule has 0 atom stereocenters. The quantitative estimate of drug-likeness (QED) is 0.502. The number of hydrogen-bond donors (Lipinski definition) is 1. The van der Waals surface area contributed by atoms with E-state index in [1.54, 1.807) is 7.11 Å². The Morgan fingerprint density at radius 3 is 2.32 bits per heavy atom. The van der Waals surface area contributed by atoms with Gasteiger partial charge in [-0.25, -0.2) is 0 Å². The summed E-state index contributed by atoms with van der Waals surface area (Å²) in [4.78, 5) is 0. The first-order valence-electron chi connectivity index (χ1n) is 8.84. The third kappa shape index (κ3) is 5.29. The molecule has 0 fully saturated rings. The molecule has 0 bridgehead atoms. The maximum Gasteiger partial charge on any atom is 0.122 e. The Hall–Kier alpha value is -1.38. The van der Waals surface area contributed by atoms with Gasteiger partial charge in [-0.15, -0.1) is 0 Å². The van der Waals surface area contributed by atoms with E-state index in [2.05, 4.69) is 38.2 Å². The van der Waals surface area contributed by atoms with Crippen molar-refractivity contribution in [2.45, 2.75) is 46.0 Å². The Morgan fingerprint density at radius 1 is 1.08 bits per heavy atom. The van der Waals surface area contributed by atoms with Gasteiger partial charge in [0.15, 0.2) is 0 Å². The molecule has 0 aliphatic carbocycles. The van der Waals surface area contributed by atoms with Crippen molar-refractivity contribution in [3.8, 4) is 5.75 Å². The van der Waals surface area contributed by atoms with Crippen LogP contribution >= 0.6 is 23.2 Å². The molecule has 2 aromatic carbocycles. The lowest BCUT2D eigenvalue weighted by molar-refractivity contribution is 0.407. The predicted molar refractivity (Wildman–Crippen MR) is 110 cm³/mol. The zero-order valence-electron chi connectivity index (χ0n) is 15.5. The van der Waals surface area contributed by atoms with Crippen molar-refractivity contribution >= 4 is 28.9 Å². The second kappa shape index (κ2) is 9.35. The lowest BCUT2D eigenvalue weighted by atomic mass is 9.96. The topological polar surface area (TPSA) is 21.3 Å². The maximum atomic E-state index is 6.51. The second-order valence-electron chi connectivity index (χ2n) is 6.61. The van der Waals surface area contributed by atoms with E-state index in [1.165, 1.54) is 11.1 Å². The molecular weight excluding hydrogens is 353 g/mol. The molecule has 0 amide bonds. The number of methoxy groups -OCH3 is 1. The molecule has 136 valence electrons. The zero-order chi connectivity index (χ0) is 18.4. The highest BCUT2D eigenvalue weighted by Gasteiger charge is 2.12. The Balaban J connectivity index is 2.24.